The number of Topliss-reactive ketones (excluding diaryl/α,β-unsaturated/α-hetero) is 1. The third kappa shape index (κ3) is 4.19. The van der Waals surface area contributed by atoms with Crippen LogP contribution in [0.15, 0.2) is 140 Å². The average Bonchev–Trinajstić information content (AvgIpc) is 3.27. The second-order valence-electron chi connectivity index (χ2n) is 9.05. The van der Waals surface area contributed by atoms with Gasteiger partial charge in [0, 0.05) is 22.3 Å². The lowest BCUT2D eigenvalue weighted by molar-refractivity contribution is -0.108. The van der Waals surface area contributed by atoms with Crippen molar-refractivity contribution in [3.05, 3.63) is 162 Å². The van der Waals surface area contributed by atoms with E-state index >= 15 is 0 Å². The Bertz CT molecular complexity index is 1630. The van der Waals surface area contributed by atoms with Crippen molar-refractivity contribution in [1.82, 2.24) is 0 Å². The van der Waals surface area contributed by atoms with Crippen molar-refractivity contribution in [2.75, 3.05) is 0 Å². The molecule has 0 amide bonds. The molecule has 0 atom stereocenters. The van der Waals surface area contributed by atoms with Crippen LogP contribution in [0.25, 0.3) is 33.4 Å². The van der Waals surface area contributed by atoms with Gasteiger partial charge in [0.15, 0.2) is 5.78 Å². The van der Waals surface area contributed by atoms with Crippen LogP contribution >= 0.6 is 0 Å². The minimum Gasteiger partial charge on any atom is -0.508 e. The van der Waals surface area contributed by atoms with Crippen molar-refractivity contribution < 1.29 is 9.90 Å². The van der Waals surface area contributed by atoms with Crippen molar-refractivity contribution in [3.63, 3.8) is 0 Å². The zero-order valence-electron chi connectivity index (χ0n) is 20.1. The average molecular weight is 477 g/mol. The number of rotatable bonds is 5. The lowest BCUT2D eigenvalue weighted by atomic mass is 9.88. The van der Waals surface area contributed by atoms with E-state index in [4.69, 9.17) is 0 Å². The highest BCUT2D eigenvalue weighted by Gasteiger charge is 2.35. The van der Waals surface area contributed by atoms with Crippen LogP contribution in [0.4, 0.5) is 0 Å². The second-order valence-corrected chi connectivity index (χ2v) is 9.05. The van der Waals surface area contributed by atoms with Crippen LogP contribution < -0.4 is 0 Å². The van der Waals surface area contributed by atoms with Gasteiger partial charge in [0.25, 0.3) is 0 Å². The van der Waals surface area contributed by atoms with Gasteiger partial charge in [0.1, 0.15) is 5.75 Å². The van der Waals surface area contributed by atoms with Crippen molar-refractivity contribution >= 4 is 28.1 Å². The SMILES string of the molecule is O=C1C(c2ccccc2)=C(c2ccc(O)cc2)C(c2ccc(-c3ccccc3)cc2)=C1c1ccccc1. The van der Waals surface area contributed by atoms with E-state index in [1.165, 1.54) is 0 Å². The summed E-state index contributed by atoms with van der Waals surface area (Å²) in [6.07, 6.45) is 0. The summed E-state index contributed by atoms with van der Waals surface area (Å²) >= 11 is 0. The smallest absolute Gasteiger partial charge is 0.195 e. The standard InChI is InChI=1S/C35H24O2/c36-30-22-20-29(21-23-30)32-31(28-18-16-25(17-19-28)24-10-4-1-5-11-24)33(26-12-6-2-7-13-26)35(37)34(32)27-14-8-3-9-15-27/h1-23,36H. The van der Waals surface area contributed by atoms with Crippen LogP contribution in [0.5, 0.6) is 5.75 Å². The van der Waals surface area contributed by atoms with Crippen LogP contribution in [0.2, 0.25) is 0 Å². The molecule has 6 rings (SSSR count). The normalized spacial score (nSPS) is 13.4. The van der Waals surface area contributed by atoms with E-state index in [9.17, 15) is 9.90 Å². The molecule has 2 nitrogen and oxygen atoms in total. The number of hydrogen-bond donors (Lipinski definition) is 1. The summed E-state index contributed by atoms with van der Waals surface area (Å²) in [5.41, 5.74) is 9.03. The quantitative estimate of drug-likeness (QED) is 0.278. The highest BCUT2D eigenvalue weighted by molar-refractivity contribution is 6.59. The summed E-state index contributed by atoms with van der Waals surface area (Å²) < 4.78 is 0. The number of carbonyl (C=O) groups excluding carboxylic acids is 1. The summed E-state index contributed by atoms with van der Waals surface area (Å²) in [6.45, 7) is 0. The molecule has 5 aromatic rings. The van der Waals surface area contributed by atoms with Gasteiger partial charge in [0.05, 0.1) is 0 Å². The molecule has 0 aromatic heterocycles. The molecule has 5 aromatic carbocycles. The zero-order valence-corrected chi connectivity index (χ0v) is 20.1. The third-order valence-corrected chi connectivity index (χ3v) is 6.77. The van der Waals surface area contributed by atoms with Crippen LogP contribution in [0.3, 0.4) is 0 Å². The minimum absolute atomic E-state index is 0.00242. The number of aromatic hydroxyl groups is 1. The van der Waals surface area contributed by atoms with E-state index < -0.39 is 0 Å². The fourth-order valence-corrected chi connectivity index (χ4v) is 5.03. The maximum Gasteiger partial charge on any atom is 0.195 e. The van der Waals surface area contributed by atoms with Crippen LogP contribution in [-0.2, 0) is 4.79 Å². The predicted octanol–water partition coefficient (Wildman–Crippen LogP) is 8.16. The summed E-state index contributed by atoms with van der Waals surface area (Å²) in [5, 5.41) is 9.99. The van der Waals surface area contributed by atoms with E-state index in [0.29, 0.717) is 11.1 Å². The topological polar surface area (TPSA) is 37.3 Å². The van der Waals surface area contributed by atoms with Gasteiger partial charge >= 0.3 is 0 Å². The Morgan fingerprint density at radius 1 is 0.324 bits per heavy atom. The van der Waals surface area contributed by atoms with E-state index in [-0.39, 0.29) is 11.5 Å². The summed E-state index contributed by atoms with van der Waals surface area (Å²) in [7, 11) is 0. The molecule has 1 aliphatic carbocycles. The summed E-state index contributed by atoms with van der Waals surface area (Å²) in [5.74, 6) is 0.193. The fourth-order valence-electron chi connectivity index (χ4n) is 5.03. The first-order valence-electron chi connectivity index (χ1n) is 12.3. The van der Waals surface area contributed by atoms with Gasteiger partial charge in [-0.25, -0.2) is 0 Å². The predicted molar refractivity (Wildman–Crippen MR) is 152 cm³/mol. The molecule has 2 heteroatoms. The first-order chi connectivity index (χ1) is 18.2. The van der Waals surface area contributed by atoms with Crippen molar-refractivity contribution in [3.8, 4) is 16.9 Å². The monoisotopic (exact) mass is 476 g/mol. The van der Waals surface area contributed by atoms with Gasteiger partial charge in [-0.15, -0.1) is 0 Å². The van der Waals surface area contributed by atoms with Crippen LogP contribution in [0.1, 0.15) is 22.3 Å². The van der Waals surface area contributed by atoms with Gasteiger partial charge in [-0.1, -0.05) is 127 Å². The molecule has 37 heavy (non-hydrogen) atoms. The van der Waals surface area contributed by atoms with E-state index in [1.807, 2.05) is 91.0 Å². The number of hydrogen-bond acceptors (Lipinski definition) is 2. The number of carbonyl (C=O) groups is 1. The molecule has 0 radical (unpaired) electrons. The number of phenols is 1. The van der Waals surface area contributed by atoms with E-state index in [1.54, 1.807) is 12.1 Å². The Morgan fingerprint density at radius 2 is 0.622 bits per heavy atom. The van der Waals surface area contributed by atoms with Gasteiger partial charge < -0.3 is 5.11 Å². The highest BCUT2D eigenvalue weighted by Crippen LogP contribution is 2.49. The molecule has 176 valence electrons. The fraction of sp³-hybridized carbons (Fsp3) is 0. The van der Waals surface area contributed by atoms with Gasteiger partial charge in [-0.3, -0.25) is 4.79 Å². The maximum atomic E-state index is 14.3. The Labute approximate surface area is 216 Å². The molecular formula is C35H24O2. The molecular weight excluding hydrogens is 452 g/mol. The van der Waals surface area contributed by atoms with Crippen LogP contribution in [0, 0.1) is 0 Å². The largest absolute Gasteiger partial charge is 0.508 e. The molecule has 0 spiro atoms. The molecule has 0 bridgehead atoms. The van der Waals surface area contributed by atoms with Crippen molar-refractivity contribution in [2.45, 2.75) is 0 Å². The van der Waals surface area contributed by atoms with Crippen LogP contribution in [-0.4, -0.2) is 10.9 Å². The Morgan fingerprint density at radius 3 is 1.05 bits per heavy atom. The van der Waals surface area contributed by atoms with E-state index in [0.717, 1.165) is 44.5 Å². The maximum absolute atomic E-state index is 14.3. The van der Waals surface area contributed by atoms with Gasteiger partial charge in [0.2, 0.25) is 0 Å². The highest BCUT2D eigenvalue weighted by atomic mass is 16.3. The summed E-state index contributed by atoms with van der Waals surface area (Å²) in [4.78, 5) is 14.3. The van der Waals surface area contributed by atoms with Gasteiger partial charge in [-0.05, 0) is 45.5 Å². The number of phenolic OH excluding ortho intramolecular Hbond substituents is 1. The Hall–Kier alpha value is -4.95. The molecule has 1 N–H and O–H groups in total. The molecule has 0 unspecified atom stereocenters. The molecule has 0 fully saturated rings. The lowest BCUT2D eigenvalue weighted by Gasteiger charge is -2.14. The number of ketones is 1. The van der Waals surface area contributed by atoms with E-state index in [2.05, 4.69) is 36.4 Å². The number of allylic oxidation sites excluding steroid dienone is 4. The second kappa shape index (κ2) is 9.60. The number of benzene rings is 5. The minimum atomic E-state index is 0.00242. The Balaban J connectivity index is 1.62. The van der Waals surface area contributed by atoms with Crippen molar-refractivity contribution in [2.24, 2.45) is 0 Å². The first-order valence-corrected chi connectivity index (χ1v) is 12.3. The molecule has 0 saturated heterocycles. The first kappa shape index (κ1) is 22.5. The Kier molecular flexibility index (Phi) is 5.84. The summed E-state index contributed by atoms with van der Waals surface area (Å²) in [6, 6.07) is 45.5. The zero-order chi connectivity index (χ0) is 25.2. The van der Waals surface area contributed by atoms with Crippen molar-refractivity contribution in [1.29, 1.82) is 0 Å². The lowest BCUT2D eigenvalue weighted by Crippen LogP contribution is -2.01. The van der Waals surface area contributed by atoms with Gasteiger partial charge in [-0.2, -0.15) is 0 Å². The molecule has 0 heterocycles. The third-order valence-electron chi connectivity index (χ3n) is 6.77. The molecule has 1 aliphatic rings. The molecule has 0 aliphatic heterocycles. The molecule has 0 saturated carbocycles.